The monoisotopic (exact) mass is 326 g/mol. The fourth-order valence-corrected chi connectivity index (χ4v) is 2.08. The van der Waals surface area contributed by atoms with E-state index in [1.54, 1.807) is 36.4 Å². The number of esters is 1. The van der Waals surface area contributed by atoms with Crippen LogP contribution in [0.25, 0.3) is 17.5 Å². The molecule has 0 radical (unpaired) electrons. The fourth-order valence-electron chi connectivity index (χ4n) is 1.88. The average Bonchev–Trinajstić information content (AvgIpc) is 3.09. The minimum Gasteiger partial charge on any atom is -0.423 e. The third-order valence-corrected chi connectivity index (χ3v) is 3.33. The van der Waals surface area contributed by atoms with Crippen molar-refractivity contribution in [2.24, 2.45) is 0 Å². The van der Waals surface area contributed by atoms with Gasteiger partial charge in [-0.25, -0.2) is 4.79 Å². The Morgan fingerprint density at radius 2 is 1.91 bits per heavy atom. The Balaban J connectivity index is 1.65. The predicted molar refractivity (Wildman–Crippen MR) is 85.9 cm³/mol. The van der Waals surface area contributed by atoms with Gasteiger partial charge in [-0.3, -0.25) is 0 Å². The van der Waals surface area contributed by atoms with Crippen molar-refractivity contribution in [3.8, 4) is 17.2 Å². The molecule has 0 aliphatic rings. The fraction of sp³-hybridized carbons (Fsp3) is 0. The van der Waals surface area contributed by atoms with E-state index in [1.807, 2.05) is 18.2 Å². The number of carbonyl (C=O) groups is 1. The van der Waals surface area contributed by atoms with E-state index in [-0.39, 0.29) is 0 Å². The molecule has 0 N–H and O–H groups in total. The van der Waals surface area contributed by atoms with Crippen molar-refractivity contribution in [1.82, 2.24) is 10.2 Å². The Labute approximate surface area is 137 Å². The summed E-state index contributed by atoms with van der Waals surface area (Å²) in [6.45, 7) is 0. The lowest BCUT2D eigenvalue weighted by molar-refractivity contribution is -0.128. The van der Waals surface area contributed by atoms with Crippen LogP contribution in [-0.4, -0.2) is 16.2 Å². The SMILES string of the molecule is O=C(C=Cc1ccccc1Cl)Oc1ccc(-c2nnco2)cc1. The van der Waals surface area contributed by atoms with E-state index in [1.165, 1.54) is 12.5 Å². The van der Waals surface area contributed by atoms with Gasteiger partial charge < -0.3 is 9.15 Å². The molecular weight excluding hydrogens is 316 g/mol. The van der Waals surface area contributed by atoms with E-state index in [4.69, 9.17) is 20.8 Å². The Kier molecular flexibility index (Phi) is 4.49. The summed E-state index contributed by atoms with van der Waals surface area (Å²) in [4.78, 5) is 11.8. The highest BCUT2D eigenvalue weighted by molar-refractivity contribution is 6.32. The largest absolute Gasteiger partial charge is 0.423 e. The van der Waals surface area contributed by atoms with Crippen LogP contribution in [0, 0.1) is 0 Å². The van der Waals surface area contributed by atoms with Crippen molar-refractivity contribution in [3.63, 3.8) is 0 Å². The van der Waals surface area contributed by atoms with Gasteiger partial charge in [0.15, 0.2) is 0 Å². The van der Waals surface area contributed by atoms with Crippen LogP contribution in [0.3, 0.4) is 0 Å². The third kappa shape index (κ3) is 3.84. The van der Waals surface area contributed by atoms with E-state index in [0.29, 0.717) is 16.7 Å². The molecule has 0 amide bonds. The molecule has 3 aromatic rings. The second-order valence-corrected chi connectivity index (χ2v) is 4.95. The molecule has 23 heavy (non-hydrogen) atoms. The minimum atomic E-state index is -0.490. The number of rotatable bonds is 4. The van der Waals surface area contributed by atoms with Crippen molar-refractivity contribution in [2.45, 2.75) is 0 Å². The number of nitrogens with zero attached hydrogens (tertiary/aromatic N) is 2. The lowest BCUT2D eigenvalue weighted by Crippen LogP contribution is -2.03. The van der Waals surface area contributed by atoms with Crippen molar-refractivity contribution in [3.05, 3.63) is 71.6 Å². The summed E-state index contributed by atoms with van der Waals surface area (Å²) in [5.74, 6) is 0.332. The van der Waals surface area contributed by atoms with Gasteiger partial charge in [0.05, 0.1) is 0 Å². The molecule has 114 valence electrons. The van der Waals surface area contributed by atoms with E-state index in [0.717, 1.165) is 11.1 Å². The van der Waals surface area contributed by atoms with Gasteiger partial charge in [-0.2, -0.15) is 0 Å². The maximum atomic E-state index is 11.8. The smallest absolute Gasteiger partial charge is 0.336 e. The first-order valence-electron chi connectivity index (χ1n) is 6.73. The molecule has 1 aromatic heterocycles. The number of halogens is 1. The number of carbonyl (C=O) groups excluding carboxylic acids is 1. The quantitative estimate of drug-likeness (QED) is 0.412. The highest BCUT2D eigenvalue weighted by atomic mass is 35.5. The van der Waals surface area contributed by atoms with E-state index < -0.39 is 5.97 Å². The maximum absolute atomic E-state index is 11.8. The molecule has 0 atom stereocenters. The Hall–Kier alpha value is -2.92. The molecule has 0 saturated carbocycles. The minimum absolute atomic E-state index is 0.404. The van der Waals surface area contributed by atoms with Crippen molar-refractivity contribution >= 4 is 23.6 Å². The van der Waals surface area contributed by atoms with Gasteiger partial charge in [-0.1, -0.05) is 29.8 Å². The number of aromatic nitrogens is 2. The summed E-state index contributed by atoms with van der Waals surface area (Å²) in [6.07, 6.45) is 4.19. The average molecular weight is 327 g/mol. The molecule has 0 spiro atoms. The first-order valence-corrected chi connectivity index (χ1v) is 7.11. The van der Waals surface area contributed by atoms with Crippen molar-refractivity contribution < 1.29 is 13.9 Å². The topological polar surface area (TPSA) is 65.2 Å². The van der Waals surface area contributed by atoms with E-state index in [2.05, 4.69) is 10.2 Å². The molecule has 0 saturated heterocycles. The normalized spacial score (nSPS) is 10.8. The van der Waals surface area contributed by atoms with Gasteiger partial charge in [0.1, 0.15) is 5.75 Å². The molecule has 0 bridgehead atoms. The number of ether oxygens (including phenoxy) is 1. The van der Waals surface area contributed by atoms with Gasteiger partial charge in [0, 0.05) is 16.7 Å². The molecule has 0 aliphatic carbocycles. The van der Waals surface area contributed by atoms with Crippen LogP contribution in [0.2, 0.25) is 5.02 Å². The first kappa shape index (κ1) is 15.0. The third-order valence-electron chi connectivity index (χ3n) is 2.98. The second-order valence-electron chi connectivity index (χ2n) is 4.54. The molecule has 2 aromatic carbocycles. The van der Waals surface area contributed by atoms with Gasteiger partial charge in [-0.05, 0) is 42.0 Å². The summed E-state index contributed by atoms with van der Waals surface area (Å²) >= 11 is 6.01. The van der Waals surface area contributed by atoms with Gasteiger partial charge in [0.2, 0.25) is 12.3 Å². The zero-order valence-corrected chi connectivity index (χ0v) is 12.6. The zero-order valence-electron chi connectivity index (χ0n) is 11.8. The summed E-state index contributed by atoms with van der Waals surface area (Å²) in [6, 6.07) is 14.0. The molecule has 1 heterocycles. The van der Waals surface area contributed by atoms with Gasteiger partial charge in [0.25, 0.3) is 0 Å². The Morgan fingerprint density at radius 1 is 1.13 bits per heavy atom. The van der Waals surface area contributed by atoms with E-state index in [9.17, 15) is 4.79 Å². The number of hydrogen-bond acceptors (Lipinski definition) is 5. The number of hydrogen-bond donors (Lipinski definition) is 0. The van der Waals surface area contributed by atoms with Gasteiger partial charge >= 0.3 is 5.97 Å². The Morgan fingerprint density at radius 3 is 2.61 bits per heavy atom. The second kappa shape index (κ2) is 6.89. The zero-order chi connectivity index (χ0) is 16.1. The molecule has 0 aliphatic heterocycles. The summed E-state index contributed by atoms with van der Waals surface area (Å²) in [7, 11) is 0. The van der Waals surface area contributed by atoms with Crippen LogP contribution in [0.5, 0.6) is 5.75 Å². The summed E-state index contributed by atoms with van der Waals surface area (Å²) in [5.41, 5.74) is 1.49. The molecule has 3 rings (SSSR count). The first-order chi connectivity index (χ1) is 11.2. The standard InChI is InChI=1S/C17H11ClN2O3/c18-15-4-2-1-3-12(15)7-10-16(21)23-14-8-5-13(6-9-14)17-20-19-11-22-17/h1-11H. The van der Waals surface area contributed by atoms with Crippen LogP contribution in [0.15, 0.2) is 65.4 Å². The molecular formula is C17H11ClN2O3. The molecule has 6 heteroatoms. The Bertz CT molecular complexity index is 827. The van der Waals surface area contributed by atoms with E-state index >= 15 is 0 Å². The van der Waals surface area contributed by atoms with Crippen LogP contribution in [0.1, 0.15) is 5.56 Å². The lowest BCUT2D eigenvalue weighted by Gasteiger charge is -2.02. The van der Waals surface area contributed by atoms with Crippen molar-refractivity contribution in [2.75, 3.05) is 0 Å². The molecule has 0 fully saturated rings. The highest BCUT2D eigenvalue weighted by Gasteiger charge is 2.05. The number of benzene rings is 2. The van der Waals surface area contributed by atoms with Crippen LogP contribution >= 0.6 is 11.6 Å². The molecule has 5 nitrogen and oxygen atoms in total. The highest BCUT2D eigenvalue weighted by Crippen LogP contribution is 2.20. The van der Waals surface area contributed by atoms with Crippen LogP contribution in [0.4, 0.5) is 0 Å². The summed E-state index contributed by atoms with van der Waals surface area (Å²) < 4.78 is 10.3. The van der Waals surface area contributed by atoms with Crippen LogP contribution < -0.4 is 4.74 Å². The van der Waals surface area contributed by atoms with Crippen molar-refractivity contribution in [1.29, 1.82) is 0 Å². The maximum Gasteiger partial charge on any atom is 0.336 e. The molecule has 0 unspecified atom stereocenters. The van der Waals surface area contributed by atoms with Gasteiger partial charge in [-0.15, -0.1) is 10.2 Å². The predicted octanol–water partition coefficient (Wildman–Crippen LogP) is 4.01. The van der Waals surface area contributed by atoms with Crippen LogP contribution in [-0.2, 0) is 4.79 Å². The lowest BCUT2D eigenvalue weighted by atomic mass is 10.2. The summed E-state index contributed by atoms with van der Waals surface area (Å²) in [5, 5.41) is 7.98.